The summed E-state index contributed by atoms with van der Waals surface area (Å²) in [4.78, 5) is 6.70. The van der Waals surface area contributed by atoms with E-state index in [1.165, 1.54) is 18.0 Å². The van der Waals surface area contributed by atoms with Crippen LogP contribution in [-0.2, 0) is 0 Å². The lowest BCUT2D eigenvalue weighted by molar-refractivity contribution is 0.333. The molecule has 0 bridgehead atoms. The van der Waals surface area contributed by atoms with Crippen molar-refractivity contribution in [3.8, 4) is 0 Å². The van der Waals surface area contributed by atoms with Crippen molar-refractivity contribution in [2.45, 2.75) is 46.9 Å². The Morgan fingerprint density at radius 2 is 1.48 bits per heavy atom. The summed E-state index contributed by atoms with van der Waals surface area (Å²) in [6, 6.07) is 5.76. The van der Waals surface area contributed by atoms with Gasteiger partial charge in [-0.15, -0.1) is 0 Å². The van der Waals surface area contributed by atoms with Gasteiger partial charge in [0, 0.05) is 58.8 Å². The summed E-state index contributed by atoms with van der Waals surface area (Å²) in [7, 11) is 0. The first-order chi connectivity index (χ1) is 13.7. The van der Waals surface area contributed by atoms with Gasteiger partial charge in [-0.2, -0.15) is 0 Å². The Hall–Kier alpha value is -2.10. The highest BCUT2D eigenvalue weighted by Gasteiger charge is 2.27. The van der Waals surface area contributed by atoms with Gasteiger partial charge in [0.25, 0.3) is 0 Å². The van der Waals surface area contributed by atoms with Crippen molar-refractivity contribution >= 4 is 11.4 Å². The SMILES string of the molecule is [2H]C([2H])(C)N1C=CN(c2cccc(N3C=CN(C([2H])([2H])C([2H])([2H])[2H])[C@H]3C)c2C)[C@H]1C. The molecule has 3 rings (SSSR count). The van der Waals surface area contributed by atoms with Crippen LogP contribution in [0.15, 0.2) is 43.0 Å². The van der Waals surface area contributed by atoms with Crippen LogP contribution in [0.3, 0.4) is 0 Å². The molecule has 0 aromatic heterocycles. The molecule has 1 aromatic carbocycles. The Balaban J connectivity index is 1.91. The highest BCUT2D eigenvalue weighted by atomic mass is 15.4. The van der Waals surface area contributed by atoms with E-state index in [9.17, 15) is 0 Å². The maximum Gasteiger partial charge on any atom is 0.102 e. The summed E-state index contributed by atoms with van der Waals surface area (Å²) in [5.74, 6) is 0. The van der Waals surface area contributed by atoms with Crippen LogP contribution >= 0.6 is 0 Å². The average Bonchev–Trinajstić information content (AvgIpc) is 3.17. The van der Waals surface area contributed by atoms with Gasteiger partial charge in [0.1, 0.15) is 12.3 Å². The molecule has 4 nitrogen and oxygen atoms in total. The smallest absolute Gasteiger partial charge is 0.102 e. The molecule has 124 valence electrons. The van der Waals surface area contributed by atoms with Gasteiger partial charge in [0.05, 0.1) is 0 Å². The van der Waals surface area contributed by atoms with Gasteiger partial charge in [-0.3, -0.25) is 0 Å². The third-order valence-corrected chi connectivity index (χ3v) is 4.61. The molecule has 0 saturated heterocycles. The van der Waals surface area contributed by atoms with Gasteiger partial charge in [0.2, 0.25) is 0 Å². The molecule has 23 heavy (non-hydrogen) atoms. The van der Waals surface area contributed by atoms with E-state index in [2.05, 4.69) is 0 Å². The first kappa shape index (κ1) is 9.26. The zero-order valence-corrected chi connectivity index (χ0v) is 14.0. The third kappa shape index (κ3) is 2.56. The second-order valence-electron chi connectivity index (χ2n) is 5.75. The summed E-state index contributed by atoms with van der Waals surface area (Å²) >= 11 is 0. The van der Waals surface area contributed by atoms with E-state index in [1.54, 1.807) is 24.2 Å². The van der Waals surface area contributed by atoms with E-state index in [0.717, 1.165) is 16.9 Å². The fraction of sp³-hybridized carbons (Fsp3) is 0.474. The van der Waals surface area contributed by atoms with E-state index >= 15 is 0 Å². The van der Waals surface area contributed by atoms with Crippen LogP contribution < -0.4 is 9.80 Å². The topological polar surface area (TPSA) is 13.0 Å². The summed E-state index contributed by atoms with van der Waals surface area (Å²) < 4.78 is 54.9. The van der Waals surface area contributed by atoms with Crippen molar-refractivity contribution in [3.63, 3.8) is 0 Å². The van der Waals surface area contributed by atoms with Crippen molar-refractivity contribution in [2.75, 3.05) is 22.8 Å². The van der Waals surface area contributed by atoms with Crippen molar-refractivity contribution in [2.24, 2.45) is 0 Å². The first-order valence-corrected chi connectivity index (χ1v) is 7.78. The maximum absolute atomic E-state index is 8.09. The number of rotatable bonds is 4. The molecule has 0 radical (unpaired) electrons. The molecule has 2 aliphatic heterocycles. The summed E-state index contributed by atoms with van der Waals surface area (Å²) in [5.41, 5.74) is 2.67. The zero-order valence-electron chi connectivity index (χ0n) is 21.0. The van der Waals surface area contributed by atoms with E-state index in [1.807, 2.05) is 48.0 Å². The minimum atomic E-state index is -2.78. The molecule has 2 atom stereocenters. The minimum absolute atomic E-state index is 0.216. The largest absolute Gasteiger partial charge is 0.356 e. The molecule has 0 unspecified atom stereocenters. The molecule has 2 aliphatic rings. The number of benzene rings is 1. The van der Waals surface area contributed by atoms with Crippen molar-refractivity contribution in [3.05, 3.63) is 48.6 Å². The quantitative estimate of drug-likeness (QED) is 0.834. The van der Waals surface area contributed by atoms with Crippen molar-refractivity contribution < 1.29 is 9.60 Å². The highest BCUT2D eigenvalue weighted by molar-refractivity contribution is 5.70. The van der Waals surface area contributed by atoms with E-state index < -0.39 is 26.0 Å². The average molecular weight is 320 g/mol. The van der Waals surface area contributed by atoms with Gasteiger partial charge in [0.15, 0.2) is 0 Å². The van der Waals surface area contributed by atoms with Crippen LogP contribution in [0.1, 0.15) is 42.8 Å². The summed E-state index contributed by atoms with van der Waals surface area (Å²) in [6.07, 6.45) is 6.02. The lowest BCUT2D eigenvalue weighted by Crippen LogP contribution is -2.37. The Morgan fingerprint density at radius 3 is 1.91 bits per heavy atom. The van der Waals surface area contributed by atoms with Crippen LogP contribution in [-0.4, -0.2) is 35.1 Å². The molecular formula is C19H28N4. The van der Waals surface area contributed by atoms with Gasteiger partial charge in [-0.1, -0.05) is 6.07 Å². The van der Waals surface area contributed by atoms with Crippen LogP contribution in [0.2, 0.25) is 0 Å². The molecule has 1 aromatic rings. The van der Waals surface area contributed by atoms with Crippen LogP contribution in [0.5, 0.6) is 0 Å². The standard InChI is InChI=1S/C19H28N4/c1-6-20-11-13-22(16(20)4)18-9-8-10-19(15(18)3)23-14-12-21(7-2)17(23)5/h8-14,16-17H,6-7H2,1-5H3/t16-,17+/i1D3,6D2,7D2/m1/s1. The summed E-state index contributed by atoms with van der Waals surface area (Å²) in [5, 5.41) is 0. The van der Waals surface area contributed by atoms with E-state index in [4.69, 9.17) is 9.60 Å². The Morgan fingerprint density at radius 1 is 0.957 bits per heavy atom. The predicted octanol–water partition coefficient (Wildman–Crippen LogP) is 3.91. The van der Waals surface area contributed by atoms with Gasteiger partial charge in [-0.05, 0) is 52.2 Å². The van der Waals surface area contributed by atoms with Gasteiger partial charge < -0.3 is 19.6 Å². The highest BCUT2D eigenvalue weighted by Crippen LogP contribution is 2.35. The Kier molecular flexibility index (Phi) is 2.49. The second kappa shape index (κ2) is 6.19. The summed E-state index contributed by atoms with van der Waals surface area (Å²) in [6.45, 7) is 0.393. The third-order valence-electron chi connectivity index (χ3n) is 4.61. The minimum Gasteiger partial charge on any atom is -0.356 e. The molecule has 0 amide bonds. The monoisotopic (exact) mass is 319 g/mol. The van der Waals surface area contributed by atoms with Crippen LogP contribution in [0.4, 0.5) is 11.4 Å². The number of anilines is 2. The zero-order chi connectivity index (χ0) is 22.6. The van der Waals surface area contributed by atoms with Crippen molar-refractivity contribution in [1.82, 2.24) is 9.80 Å². The van der Waals surface area contributed by atoms with E-state index in [-0.39, 0.29) is 6.17 Å². The molecule has 0 aliphatic carbocycles. The number of hydrogen-bond donors (Lipinski definition) is 0. The lowest BCUT2D eigenvalue weighted by Gasteiger charge is -2.33. The normalized spacial score (nSPS) is 29.8. The lowest BCUT2D eigenvalue weighted by atomic mass is 10.1. The Labute approximate surface area is 150 Å². The second-order valence-corrected chi connectivity index (χ2v) is 5.75. The van der Waals surface area contributed by atoms with Crippen LogP contribution in [0, 0.1) is 6.92 Å². The van der Waals surface area contributed by atoms with Gasteiger partial charge in [-0.25, -0.2) is 0 Å². The molecular weight excluding hydrogens is 284 g/mol. The first-order valence-electron chi connectivity index (χ1n) is 11.3. The van der Waals surface area contributed by atoms with Crippen LogP contribution in [0.25, 0.3) is 0 Å². The molecule has 0 saturated carbocycles. The predicted molar refractivity (Wildman–Crippen MR) is 98.1 cm³/mol. The number of hydrogen-bond acceptors (Lipinski definition) is 4. The molecule has 4 heteroatoms. The van der Waals surface area contributed by atoms with Gasteiger partial charge >= 0.3 is 0 Å². The molecule has 0 fully saturated rings. The Bertz CT molecular complexity index is 859. The fourth-order valence-corrected chi connectivity index (χ4v) is 3.18. The molecule has 2 heterocycles. The number of nitrogens with zero attached hydrogens (tertiary/aromatic N) is 4. The van der Waals surface area contributed by atoms with E-state index in [0.29, 0.717) is 0 Å². The molecule has 0 N–H and O–H groups in total. The maximum atomic E-state index is 8.09. The fourth-order valence-electron chi connectivity index (χ4n) is 3.18. The van der Waals surface area contributed by atoms with Crippen molar-refractivity contribution in [1.29, 1.82) is 0 Å². The molecule has 0 spiro atoms.